The summed E-state index contributed by atoms with van der Waals surface area (Å²) in [5.41, 5.74) is 1.94. The van der Waals surface area contributed by atoms with Gasteiger partial charge in [-0.15, -0.1) is 0 Å². The van der Waals surface area contributed by atoms with Crippen LogP contribution in [-0.4, -0.2) is 29.7 Å². The van der Waals surface area contributed by atoms with E-state index in [1.807, 2.05) is 38.2 Å². The molecule has 0 aliphatic rings. The van der Waals surface area contributed by atoms with E-state index in [2.05, 4.69) is 15.9 Å². The SMILES string of the molecule is Cc1ccc(C(=O)N(C)CCCBr)cc1. The Morgan fingerprint density at radius 3 is 2.47 bits per heavy atom. The van der Waals surface area contributed by atoms with E-state index < -0.39 is 0 Å². The predicted molar refractivity (Wildman–Crippen MR) is 66.6 cm³/mol. The standard InChI is InChI=1S/C12H16BrNO/c1-10-4-6-11(7-5-10)12(15)14(2)9-3-8-13/h4-7H,3,8-9H2,1-2H3. The molecule has 0 radical (unpaired) electrons. The van der Waals surface area contributed by atoms with Gasteiger partial charge in [-0.05, 0) is 25.5 Å². The molecule has 1 amide bonds. The number of hydrogen-bond donors (Lipinski definition) is 0. The number of halogens is 1. The van der Waals surface area contributed by atoms with Crippen molar-refractivity contribution < 1.29 is 4.79 Å². The minimum absolute atomic E-state index is 0.0935. The van der Waals surface area contributed by atoms with Crippen LogP contribution in [0, 0.1) is 6.92 Å². The Bertz CT molecular complexity index is 321. The van der Waals surface area contributed by atoms with Gasteiger partial charge in [-0.25, -0.2) is 0 Å². The summed E-state index contributed by atoms with van der Waals surface area (Å²) < 4.78 is 0. The Hall–Kier alpha value is -0.830. The molecular formula is C12H16BrNO. The maximum Gasteiger partial charge on any atom is 0.253 e. The Balaban J connectivity index is 2.63. The zero-order valence-electron chi connectivity index (χ0n) is 9.16. The van der Waals surface area contributed by atoms with Crippen LogP contribution >= 0.6 is 15.9 Å². The highest BCUT2D eigenvalue weighted by Gasteiger charge is 2.09. The molecule has 0 spiro atoms. The lowest BCUT2D eigenvalue weighted by Gasteiger charge is -2.16. The minimum Gasteiger partial charge on any atom is -0.342 e. The monoisotopic (exact) mass is 269 g/mol. The number of carbonyl (C=O) groups is 1. The lowest BCUT2D eigenvalue weighted by atomic mass is 10.1. The fourth-order valence-corrected chi connectivity index (χ4v) is 1.57. The van der Waals surface area contributed by atoms with Gasteiger partial charge in [0.2, 0.25) is 0 Å². The summed E-state index contributed by atoms with van der Waals surface area (Å²) in [5, 5.41) is 0.929. The highest BCUT2D eigenvalue weighted by Crippen LogP contribution is 2.06. The Morgan fingerprint density at radius 2 is 1.93 bits per heavy atom. The Kier molecular flexibility index (Phi) is 4.82. The second-order valence-corrected chi connectivity index (χ2v) is 4.43. The average molecular weight is 270 g/mol. The first-order valence-electron chi connectivity index (χ1n) is 5.03. The number of benzene rings is 1. The molecule has 1 rings (SSSR count). The summed E-state index contributed by atoms with van der Waals surface area (Å²) in [4.78, 5) is 13.6. The third kappa shape index (κ3) is 3.67. The number of amides is 1. The fourth-order valence-electron chi connectivity index (χ4n) is 1.32. The molecule has 0 aliphatic heterocycles. The second-order valence-electron chi connectivity index (χ2n) is 3.64. The van der Waals surface area contributed by atoms with Crippen molar-refractivity contribution in [2.24, 2.45) is 0 Å². The lowest BCUT2D eigenvalue weighted by Crippen LogP contribution is -2.27. The summed E-state index contributed by atoms with van der Waals surface area (Å²) in [6, 6.07) is 7.68. The normalized spacial score (nSPS) is 10.1. The number of hydrogen-bond acceptors (Lipinski definition) is 1. The molecule has 0 aromatic heterocycles. The van der Waals surface area contributed by atoms with E-state index in [0.29, 0.717) is 0 Å². The van der Waals surface area contributed by atoms with Crippen LogP contribution in [0.1, 0.15) is 22.3 Å². The predicted octanol–water partition coefficient (Wildman–Crippen LogP) is 2.85. The van der Waals surface area contributed by atoms with E-state index in [9.17, 15) is 4.79 Å². The molecule has 1 aromatic rings. The molecule has 82 valence electrons. The first-order chi connectivity index (χ1) is 7.15. The molecule has 0 fully saturated rings. The summed E-state index contributed by atoms with van der Waals surface area (Å²) in [6.45, 7) is 2.81. The van der Waals surface area contributed by atoms with Gasteiger partial charge in [0.15, 0.2) is 0 Å². The second kappa shape index (κ2) is 5.91. The molecule has 0 aliphatic carbocycles. The molecule has 2 nitrogen and oxygen atoms in total. The van der Waals surface area contributed by atoms with Crippen molar-refractivity contribution in [2.45, 2.75) is 13.3 Å². The van der Waals surface area contributed by atoms with Crippen LogP contribution in [0.25, 0.3) is 0 Å². The average Bonchev–Trinajstić information content (AvgIpc) is 2.26. The third-order valence-electron chi connectivity index (χ3n) is 2.27. The molecule has 0 saturated heterocycles. The largest absolute Gasteiger partial charge is 0.342 e. The van der Waals surface area contributed by atoms with Gasteiger partial charge in [-0.1, -0.05) is 33.6 Å². The molecule has 1 aromatic carbocycles. The minimum atomic E-state index is 0.0935. The molecule has 0 N–H and O–H groups in total. The number of aryl methyl sites for hydroxylation is 1. The molecular weight excluding hydrogens is 254 g/mol. The van der Waals surface area contributed by atoms with E-state index in [0.717, 1.165) is 23.9 Å². The highest BCUT2D eigenvalue weighted by molar-refractivity contribution is 9.09. The van der Waals surface area contributed by atoms with Crippen LogP contribution in [0.3, 0.4) is 0 Å². The van der Waals surface area contributed by atoms with Gasteiger partial charge in [0.25, 0.3) is 5.91 Å². The van der Waals surface area contributed by atoms with Crippen molar-refractivity contribution in [3.8, 4) is 0 Å². The van der Waals surface area contributed by atoms with Crippen molar-refractivity contribution in [3.05, 3.63) is 35.4 Å². The van der Waals surface area contributed by atoms with Gasteiger partial charge in [0, 0.05) is 24.5 Å². The van der Waals surface area contributed by atoms with Gasteiger partial charge in [0.1, 0.15) is 0 Å². The van der Waals surface area contributed by atoms with Crippen molar-refractivity contribution in [3.63, 3.8) is 0 Å². The number of nitrogens with zero attached hydrogens (tertiary/aromatic N) is 1. The topological polar surface area (TPSA) is 20.3 Å². The Labute approximate surface area is 99.4 Å². The number of alkyl halides is 1. The van der Waals surface area contributed by atoms with Crippen LogP contribution in [0.2, 0.25) is 0 Å². The van der Waals surface area contributed by atoms with Gasteiger partial charge < -0.3 is 4.90 Å². The van der Waals surface area contributed by atoms with E-state index in [-0.39, 0.29) is 5.91 Å². The van der Waals surface area contributed by atoms with Gasteiger partial charge >= 0.3 is 0 Å². The van der Waals surface area contributed by atoms with E-state index in [1.54, 1.807) is 4.90 Å². The molecule has 0 atom stereocenters. The summed E-state index contributed by atoms with van der Waals surface area (Å²) in [5.74, 6) is 0.0935. The molecule has 15 heavy (non-hydrogen) atoms. The van der Waals surface area contributed by atoms with E-state index in [4.69, 9.17) is 0 Å². The van der Waals surface area contributed by atoms with Crippen molar-refractivity contribution >= 4 is 21.8 Å². The van der Waals surface area contributed by atoms with Crippen LogP contribution in [0.5, 0.6) is 0 Å². The maximum atomic E-state index is 11.9. The molecule has 3 heteroatoms. The number of carbonyl (C=O) groups excluding carboxylic acids is 1. The quantitative estimate of drug-likeness (QED) is 0.770. The van der Waals surface area contributed by atoms with Gasteiger partial charge in [-0.3, -0.25) is 4.79 Å². The summed E-state index contributed by atoms with van der Waals surface area (Å²) in [7, 11) is 1.84. The smallest absolute Gasteiger partial charge is 0.253 e. The Morgan fingerprint density at radius 1 is 1.33 bits per heavy atom. The third-order valence-corrected chi connectivity index (χ3v) is 2.83. The first kappa shape index (κ1) is 12.2. The van der Waals surface area contributed by atoms with Crippen molar-refractivity contribution in [1.82, 2.24) is 4.90 Å². The maximum absolute atomic E-state index is 11.9. The van der Waals surface area contributed by atoms with Crippen LogP contribution in [0.15, 0.2) is 24.3 Å². The van der Waals surface area contributed by atoms with Crippen molar-refractivity contribution in [1.29, 1.82) is 0 Å². The number of rotatable bonds is 4. The van der Waals surface area contributed by atoms with Gasteiger partial charge in [0.05, 0.1) is 0 Å². The molecule has 0 unspecified atom stereocenters. The lowest BCUT2D eigenvalue weighted by molar-refractivity contribution is 0.0795. The van der Waals surface area contributed by atoms with Crippen LogP contribution < -0.4 is 0 Å². The molecule has 0 bridgehead atoms. The summed E-state index contributed by atoms with van der Waals surface area (Å²) in [6.07, 6.45) is 0.980. The van der Waals surface area contributed by atoms with Crippen LogP contribution in [0.4, 0.5) is 0 Å². The van der Waals surface area contributed by atoms with Gasteiger partial charge in [-0.2, -0.15) is 0 Å². The summed E-state index contributed by atoms with van der Waals surface area (Å²) >= 11 is 3.35. The molecule has 0 heterocycles. The van der Waals surface area contributed by atoms with Crippen LogP contribution in [-0.2, 0) is 0 Å². The van der Waals surface area contributed by atoms with E-state index >= 15 is 0 Å². The zero-order valence-corrected chi connectivity index (χ0v) is 10.8. The highest BCUT2D eigenvalue weighted by atomic mass is 79.9. The zero-order chi connectivity index (χ0) is 11.3. The fraction of sp³-hybridized carbons (Fsp3) is 0.417. The molecule has 0 saturated carbocycles. The van der Waals surface area contributed by atoms with Crippen molar-refractivity contribution in [2.75, 3.05) is 18.9 Å². The van der Waals surface area contributed by atoms with E-state index in [1.165, 1.54) is 5.56 Å². The first-order valence-corrected chi connectivity index (χ1v) is 6.15.